The Morgan fingerprint density at radius 3 is 1.96 bits per heavy atom. The van der Waals surface area contributed by atoms with Gasteiger partial charge in [-0.2, -0.15) is 5.26 Å². The Labute approximate surface area is 168 Å². The standard InChI is InChI=1S/C25H33F2N/c1-2-16-3-4-21-12-20(10-9-19(21)11-16)17-5-7-18(8-6-17)22-13-24(26)23(15-28)25(27)14-22/h13-14,16-21H,2-12H2,1H3. The van der Waals surface area contributed by atoms with Crippen LogP contribution in [0, 0.1) is 52.6 Å². The van der Waals surface area contributed by atoms with E-state index in [1.165, 1.54) is 69.9 Å². The van der Waals surface area contributed by atoms with E-state index in [0.717, 1.165) is 48.0 Å². The highest BCUT2D eigenvalue weighted by molar-refractivity contribution is 5.36. The summed E-state index contributed by atoms with van der Waals surface area (Å²) in [4.78, 5) is 0. The van der Waals surface area contributed by atoms with Crippen LogP contribution in [0.2, 0.25) is 0 Å². The summed E-state index contributed by atoms with van der Waals surface area (Å²) in [5.74, 6) is 3.41. The van der Waals surface area contributed by atoms with Crippen LogP contribution in [0.4, 0.5) is 8.78 Å². The lowest BCUT2D eigenvalue weighted by atomic mass is 9.60. The average molecular weight is 386 g/mol. The second-order valence-electron chi connectivity index (χ2n) is 9.76. The zero-order valence-electron chi connectivity index (χ0n) is 17.1. The molecule has 3 aliphatic rings. The molecule has 0 bridgehead atoms. The zero-order valence-corrected chi connectivity index (χ0v) is 17.1. The van der Waals surface area contributed by atoms with Crippen molar-refractivity contribution in [1.82, 2.24) is 0 Å². The molecule has 3 heteroatoms. The molecule has 0 saturated heterocycles. The third kappa shape index (κ3) is 3.98. The summed E-state index contributed by atoms with van der Waals surface area (Å²) in [6, 6.07) is 4.41. The first-order valence-corrected chi connectivity index (χ1v) is 11.5. The van der Waals surface area contributed by atoms with E-state index in [1.54, 1.807) is 6.07 Å². The van der Waals surface area contributed by atoms with Gasteiger partial charge in [0, 0.05) is 0 Å². The van der Waals surface area contributed by atoms with E-state index < -0.39 is 17.2 Å². The number of hydrogen-bond donors (Lipinski definition) is 0. The van der Waals surface area contributed by atoms with Crippen molar-refractivity contribution in [3.63, 3.8) is 0 Å². The minimum atomic E-state index is -0.708. The van der Waals surface area contributed by atoms with Crippen molar-refractivity contribution in [1.29, 1.82) is 5.26 Å². The molecule has 3 saturated carbocycles. The maximum atomic E-state index is 14.0. The van der Waals surface area contributed by atoms with Crippen LogP contribution in [0.5, 0.6) is 0 Å². The van der Waals surface area contributed by atoms with E-state index in [9.17, 15) is 8.78 Å². The summed E-state index contributed by atoms with van der Waals surface area (Å²) in [5.41, 5.74) is 0.293. The molecule has 1 aromatic carbocycles. The molecular weight excluding hydrogens is 352 g/mol. The first kappa shape index (κ1) is 19.9. The van der Waals surface area contributed by atoms with Crippen molar-refractivity contribution in [2.45, 2.75) is 83.5 Å². The van der Waals surface area contributed by atoms with Gasteiger partial charge in [0.05, 0.1) is 0 Å². The summed E-state index contributed by atoms with van der Waals surface area (Å²) in [6.07, 6.45) is 14.4. The predicted octanol–water partition coefficient (Wildman–Crippen LogP) is 7.35. The van der Waals surface area contributed by atoms with Gasteiger partial charge in [-0.05, 0) is 111 Å². The molecule has 4 atom stereocenters. The van der Waals surface area contributed by atoms with Crippen molar-refractivity contribution in [2.75, 3.05) is 0 Å². The van der Waals surface area contributed by atoms with Crippen molar-refractivity contribution >= 4 is 0 Å². The molecule has 0 N–H and O–H groups in total. The summed E-state index contributed by atoms with van der Waals surface area (Å²) in [5, 5.41) is 8.86. The van der Waals surface area contributed by atoms with E-state index in [2.05, 4.69) is 6.92 Å². The fraction of sp³-hybridized carbons (Fsp3) is 0.720. The Morgan fingerprint density at radius 2 is 1.36 bits per heavy atom. The molecule has 4 unspecified atom stereocenters. The van der Waals surface area contributed by atoms with Crippen LogP contribution in [-0.2, 0) is 0 Å². The fourth-order valence-corrected chi connectivity index (χ4v) is 6.68. The lowest BCUT2D eigenvalue weighted by Crippen LogP contribution is -2.34. The molecule has 0 amide bonds. The number of nitrogens with zero attached hydrogens (tertiary/aromatic N) is 1. The van der Waals surface area contributed by atoms with Crippen LogP contribution in [0.15, 0.2) is 12.1 Å². The van der Waals surface area contributed by atoms with Crippen molar-refractivity contribution in [2.24, 2.45) is 29.6 Å². The van der Waals surface area contributed by atoms with Crippen LogP contribution in [-0.4, -0.2) is 0 Å². The highest BCUT2D eigenvalue weighted by Crippen LogP contribution is 2.50. The van der Waals surface area contributed by atoms with Crippen LogP contribution >= 0.6 is 0 Å². The van der Waals surface area contributed by atoms with Gasteiger partial charge in [0.25, 0.3) is 0 Å². The molecule has 0 aromatic heterocycles. The minimum Gasteiger partial charge on any atom is -0.205 e. The first-order valence-electron chi connectivity index (χ1n) is 11.5. The highest BCUT2D eigenvalue weighted by Gasteiger charge is 2.38. The fourth-order valence-electron chi connectivity index (χ4n) is 6.68. The number of fused-ring (bicyclic) bond motifs is 1. The van der Waals surface area contributed by atoms with Gasteiger partial charge in [0.15, 0.2) is 0 Å². The normalized spacial score (nSPS) is 35.8. The third-order valence-electron chi connectivity index (χ3n) is 8.43. The van der Waals surface area contributed by atoms with E-state index in [4.69, 9.17) is 5.26 Å². The summed E-state index contributed by atoms with van der Waals surface area (Å²) in [6.45, 7) is 2.35. The molecule has 28 heavy (non-hydrogen) atoms. The Bertz CT molecular complexity index is 706. The molecule has 0 spiro atoms. The van der Waals surface area contributed by atoms with Gasteiger partial charge in [0.2, 0.25) is 0 Å². The van der Waals surface area contributed by atoms with Gasteiger partial charge in [-0.3, -0.25) is 0 Å². The van der Waals surface area contributed by atoms with Gasteiger partial charge in [0.1, 0.15) is 23.3 Å². The van der Waals surface area contributed by atoms with Gasteiger partial charge < -0.3 is 0 Å². The van der Waals surface area contributed by atoms with Crippen LogP contribution < -0.4 is 0 Å². The molecule has 3 aliphatic carbocycles. The molecule has 1 aromatic rings. The smallest absolute Gasteiger partial charge is 0.144 e. The number of hydrogen-bond acceptors (Lipinski definition) is 1. The molecular formula is C25H33F2N. The Balaban J connectivity index is 1.33. The second kappa shape index (κ2) is 8.52. The van der Waals surface area contributed by atoms with Gasteiger partial charge in [-0.25, -0.2) is 8.78 Å². The predicted molar refractivity (Wildman–Crippen MR) is 108 cm³/mol. The summed E-state index contributed by atoms with van der Waals surface area (Å²) < 4.78 is 28.0. The van der Waals surface area contributed by atoms with Crippen molar-refractivity contribution < 1.29 is 8.78 Å². The Hall–Kier alpha value is -1.43. The van der Waals surface area contributed by atoms with Crippen LogP contribution in [0.25, 0.3) is 0 Å². The number of benzene rings is 1. The third-order valence-corrected chi connectivity index (χ3v) is 8.43. The molecule has 4 rings (SSSR count). The second-order valence-corrected chi connectivity index (χ2v) is 9.76. The van der Waals surface area contributed by atoms with Gasteiger partial charge in [-0.1, -0.05) is 19.8 Å². The zero-order chi connectivity index (χ0) is 19.7. The largest absolute Gasteiger partial charge is 0.205 e. The maximum absolute atomic E-state index is 14.0. The molecule has 3 fully saturated rings. The van der Waals surface area contributed by atoms with E-state index >= 15 is 0 Å². The number of halogens is 2. The molecule has 152 valence electrons. The van der Waals surface area contributed by atoms with Crippen LogP contribution in [0.1, 0.15) is 94.6 Å². The Morgan fingerprint density at radius 1 is 0.821 bits per heavy atom. The SMILES string of the molecule is CCC1CCC2CC(C3CCC(c4cc(F)c(C#N)c(F)c4)CC3)CCC2C1. The number of nitriles is 1. The molecule has 1 nitrogen and oxygen atoms in total. The monoisotopic (exact) mass is 385 g/mol. The highest BCUT2D eigenvalue weighted by atomic mass is 19.1. The topological polar surface area (TPSA) is 23.8 Å². The summed E-state index contributed by atoms with van der Waals surface area (Å²) in [7, 11) is 0. The molecule has 0 radical (unpaired) electrons. The van der Waals surface area contributed by atoms with Crippen molar-refractivity contribution in [3.8, 4) is 6.07 Å². The van der Waals surface area contributed by atoms with E-state index in [1.807, 2.05) is 0 Å². The minimum absolute atomic E-state index is 0.240. The quantitative estimate of drug-likeness (QED) is 0.533. The van der Waals surface area contributed by atoms with Crippen molar-refractivity contribution in [3.05, 3.63) is 34.9 Å². The van der Waals surface area contributed by atoms with Gasteiger partial charge in [-0.15, -0.1) is 0 Å². The van der Waals surface area contributed by atoms with E-state index in [-0.39, 0.29) is 5.92 Å². The Kier molecular flexibility index (Phi) is 6.04. The van der Waals surface area contributed by atoms with Gasteiger partial charge >= 0.3 is 0 Å². The molecule has 0 aliphatic heterocycles. The lowest BCUT2D eigenvalue weighted by Gasteiger charge is -2.45. The average Bonchev–Trinajstić information content (AvgIpc) is 2.73. The maximum Gasteiger partial charge on any atom is 0.144 e. The first-order chi connectivity index (χ1) is 13.6. The van der Waals surface area contributed by atoms with E-state index in [0.29, 0.717) is 0 Å². The number of rotatable bonds is 3. The summed E-state index contributed by atoms with van der Waals surface area (Å²) >= 11 is 0. The van der Waals surface area contributed by atoms with Crippen LogP contribution in [0.3, 0.4) is 0 Å². The lowest BCUT2D eigenvalue weighted by molar-refractivity contribution is 0.0629. The molecule has 0 heterocycles.